The second-order valence-electron chi connectivity index (χ2n) is 9.54. The molecule has 1 amide bonds. The molecule has 0 bridgehead atoms. The average Bonchev–Trinajstić information content (AvgIpc) is 2.98. The summed E-state index contributed by atoms with van der Waals surface area (Å²) < 4.78 is 18.4. The number of piperazine rings is 1. The van der Waals surface area contributed by atoms with Gasteiger partial charge in [-0.1, -0.05) is 24.3 Å². The molecule has 0 aliphatic carbocycles. The summed E-state index contributed by atoms with van der Waals surface area (Å²) in [5.74, 6) is 2.11. The van der Waals surface area contributed by atoms with E-state index in [9.17, 15) is 9.59 Å². The molecule has 3 aromatic carbocycles. The van der Waals surface area contributed by atoms with Crippen molar-refractivity contribution in [1.29, 1.82) is 0 Å². The van der Waals surface area contributed by atoms with E-state index < -0.39 is 0 Å². The Kier molecular flexibility index (Phi) is 8.58. The number of nitrogens with one attached hydrogen (secondary N) is 2. The third-order valence-corrected chi connectivity index (χ3v) is 6.84. The van der Waals surface area contributed by atoms with Crippen molar-refractivity contribution in [1.82, 2.24) is 19.8 Å². The largest absolute Gasteiger partial charge is 0.493 e. The molecule has 10 nitrogen and oxygen atoms in total. The maximum Gasteiger partial charge on any atom is 0.261 e. The quantitative estimate of drug-likeness (QED) is 0.314. The maximum atomic E-state index is 13.5. The number of rotatable bonds is 10. The lowest BCUT2D eigenvalue weighted by Gasteiger charge is -2.26. The fraction of sp³-hybridized carbons (Fsp3) is 0.300. The molecule has 40 heavy (non-hydrogen) atoms. The zero-order valence-electron chi connectivity index (χ0n) is 22.7. The summed E-state index contributed by atoms with van der Waals surface area (Å²) >= 11 is 0. The van der Waals surface area contributed by atoms with Crippen molar-refractivity contribution in [2.75, 3.05) is 52.3 Å². The van der Waals surface area contributed by atoms with Crippen LogP contribution >= 0.6 is 0 Å². The normalized spacial score (nSPS) is 13.7. The lowest BCUT2D eigenvalue weighted by atomic mass is 10.1. The molecule has 1 aliphatic heterocycles. The highest BCUT2D eigenvalue weighted by atomic mass is 16.5. The van der Waals surface area contributed by atoms with Crippen LogP contribution in [0.25, 0.3) is 10.9 Å². The topological polar surface area (TPSA) is 107 Å². The molecule has 1 aromatic heterocycles. The number of benzene rings is 3. The lowest BCUT2D eigenvalue weighted by molar-refractivity contribution is -0.117. The molecule has 10 heteroatoms. The highest BCUT2D eigenvalue weighted by molar-refractivity contribution is 5.97. The van der Waals surface area contributed by atoms with Gasteiger partial charge in [0.15, 0.2) is 17.2 Å². The van der Waals surface area contributed by atoms with Gasteiger partial charge in [0, 0.05) is 32.7 Å². The van der Waals surface area contributed by atoms with Crippen LogP contribution in [0.15, 0.2) is 71.8 Å². The second-order valence-corrected chi connectivity index (χ2v) is 9.54. The predicted octanol–water partition coefficient (Wildman–Crippen LogP) is 3.29. The SMILES string of the molecule is COc1ccc(CCn2cnc3cc(NC(=O)CN4CCNCC4)c(Oc4ccccc4)cc3c2=O)cc1OC. The van der Waals surface area contributed by atoms with Crippen LogP contribution in [0, 0.1) is 0 Å². The Hall–Kier alpha value is -4.41. The summed E-state index contributed by atoms with van der Waals surface area (Å²) in [6, 6.07) is 18.3. The smallest absolute Gasteiger partial charge is 0.261 e. The number of methoxy groups -OCH3 is 2. The van der Waals surface area contributed by atoms with Crippen LogP contribution in [0.1, 0.15) is 5.56 Å². The van der Waals surface area contributed by atoms with Gasteiger partial charge in [-0.05, 0) is 48.4 Å². The molecule has 0 spiro atoms. The van der Waals surface area contributed by atoms with Crippen molar-refractivity contribution in [2.24, 2.45) is 0 Å². The number of hydrogen-bond acceptors (Lipinski definition) is 8. The van der Waals surface area contributed by atoms with E-state index in [4.69, 9.17) is 14.2 Å². The van der Waals surface area contributed by atoms with Crippen molar-refractivity contribution in [2.45, 2.75) is 13.0 Å². The number of hydrogen-bond donors (Lipinski definition) is 2. The van der Waals surface area contributed by atoms with E-state index in [1.165, 1.54) is 6.33 Å². The van der Waals surface area contributed by atoms with Gasteiger partial charge >= 0.3 is 0 Å². The van der Waals surface area contributed by atoms with Gasteiger partial charge in [0.25, 0.3) is 5.56 Å². The minimum Gasteiger partial charge on any atom is -0.493 e. The van der Waals surface area contributed by atoms with Crippen molar-refractivity contribution in [3.8, 4) is 23.0 Å². The Morgan fingerprint density at radius 1 is 0.975 bits per heavy atom. The highest BCUT2D eigenvalue weighted by Gasteiger charge is 2.18. The van der Waals surface area contributed by atoms with Crippen LogP contribution in [0.5, 0.6) is 23.0 Å². The predicted molar refractivity (Wildman–Crippen MR) is 154 cm³/mol. The number of amides is 1. The van der Waals surface area contributed by atoms with Gasteiger partial charge in [0.05, 0.1) is 43.7 Å². The van der Waals surface area contributed by atoms with Gasteiger partial charge in [-0.3, -0.25) is 19.1 Å². The van der Waals surface area contributed by atoms with Gasteiger partial charge in [-0.2, -0.15) is 0 Å². The number of nitrogens with zero attached hydrogens (tertiary/aromatic N) is 3. The molecule has 208 valence electrons. The van der Waals surface area contributed by atoms with E-state index in [1.54, 1.807) is 30.9 Å². The van der Waals surface area contributed by atoms with E-state index in [0.717, 1.165) is 31.7 Å². The molecule has 5 rings (SSSR count). The number of anilines is 1. The Bertz CT molecular complexity index is 1530. The molecule has 4 aromatic rings. The van der Waals surface area contributed by atoms with E-state index in [-0.39, 0.29) is 18.0 Å². The molecule has 0 unspecified atom stereocenters. The first-order valence-electron chi connectivity index (χ1n) is 13.2. The second kappa shape index (κ2) is 12.6. The summed E-state index contributed by atoms with van der Waals surface area (Å²) in [6.45, 7) is 4.03. The summed E-state index contributed by atoms with van der Waals surface area (Å²) in [7, 11) is 3.19. The lowest BCUT2D eigenvalue weighted by Crippen LogP contribution is -2.46. The van der Waals surface area contributed by atoms with E-state index >= 15 is 0 Å². The Balaban J connectivity index is 1.42. The highest BCUT2D eigenvalue weighted by Crippen LogP contribution is 2.33. The van der Waals surface area contributed by atoms with Gasteiger partial charge < -0.3 is 24.8 Å². The van der Waals surface area contributed by atoms with Gasteiger partial charge in [0.2, 0.25) is 5.91 Å². The zero-order chi connectivity index (χ0) is 27.9. The van der Waals surface area contributed by atoms with Crippen LogP contribution in [0.2, 0.25) is 0 Å². The summed E-state index contributed by atoms with van der Waals surface area (Å²) in [5.41, 5.74) is 1.75. The number of carbonyl (C=O) groups excluding carboxylic acids is 1. The average molecular weight is 544 g/mol. The van der Waals surface area contributed by atoms with Crippen LogP contribution in [0.3, 0.4) is 0 Å². The molecule has 2 N–H and O–H groups in total. The molecule has 0 saturated carbocycles. The van der Waals surface area contributed by atoms with Crippen molar-refractivity contribution < 1.29 is 19.0 Å². The fourth-order valence-corrected chi connectivity index (χ4v) is 4.69. The monoisotopic (exact) mass is 543 g/mol. The van der Waals surface area contributed by atoms with Crippen LogP contribution in [0.4, 0.5) is 5.69 Å². The third kappa shape index (κ3) is 6.41. The molecule has 2 heterocycles. The minimum atomic E-state index is -0.193. The van der Waals surface area contributed by atoms with E-state index in [0.29, 0.717) is 52.6 Å². The first-order valence-corrected chi connectivity index (χ1v) is 13.2. The van der Waals surface area contributed by atoms with Gasteiger partial charge in [-0.25, -0.2) is 4.98 Å². The third-order valence-electron chi connectivity index (χ3n) is 6.84. The number of carbonyl (C=O) groups is 1. The molecular weight excluding hydrogens is 510 g/mol. The van der Waals surface area contributed by atoms with Crippen LogP contribution in [-0.4, -0.2) is 67.3 Å². The van der Waals surface area contributed by atoms with Crippen LogP contribution < -0.4 is 30.4 Å². The van der Waals surface area contributed by atoms with E-state index in [1.807, 2.05) is 48.5 Å². The first-order chi connectivity index (χ1) is 19.5. The fourth-order valence-electron chi connectivity index (χ4n) is 4.69. The van der Waals surface area contributed by atoms with Crippen molar-refractivity contribution in [3.05, 3.63) is 82.9 Å². The number of fused-ring (bicyclic) bond motifs is 1. The number of aromatic nitrogens is 2. The van der Waals surface area contributed by atoms with Gasteiger partial charge in [-0.15, -0.1) is 0 Å². The van der Waals surface area contributed by atoms with Crippen molar-refractivity contribution in [3.63, 3.8) is 0 Å². The molecule has 1 fully saturated rings. The minimum absolute atomic E-state index is 0.151. The van der Waals surface area contributed by atoms with Gasteiger partial charge in [0.1, 0.15) is 5.75 Å². The van der Waals surface area contributed by atoms with Crippen molar-refractivity contribution >= 4 is 22.5 Å². The summed E-state index contributed by atoms with van der Waals surface area (Å²) in [5, 5.41) is 6.67. The molecule has 0 radical (unpaired) electrons. The number of ether oxygens (including phenoxy) is 3. The Morgan fingerprint density at radius 2 is 1.75 bits per heavy atom. The molecule has 1 saturated heterocycles. The Morgan fingerprint density at radius 3 is 2.50 bits per heavy atom. The molecule has 0 atom stereocenters. The first kappa shape index (κ1) is 27.2. The number of aryl methyl sites for hydroxylation is 2. The van der Waals surface area contributed by atoms with Crippen LogP contribution in [-0.2, 0) is 17.8 Å². The standard InChI is InChI=1S/C30H33N5O5/c1-38-26-9-8-21(16-28(26)39-2)10-13-35-20-32-24-18-25(33-29(36)19-34-14-11-31-12-15-34)27(17-23(24)30(35)37)40-22-6-4-3-5-7-22/h3-9,16-18,20,31H,10-15,19H2,1-2H3,(H,33,36). The summed E-state index contributed by atoms with van der Waals surface area (Å²) in [4.78, 5) is 33.1. The molecular formula is C30H33N5O5. The maximum absolute atomic E-state index is 13.5. The molecule has 1 aliphatic rings. The zero-order valence-corrected chi connectivity index (χ0v) is 22.7. The van der Waals surface area contributed by atoms with E-state index in [2.05, 4.69) is 20.5 Å². The summed E-state index contributed by atoms with van der Waals surface area (Å²) in [6.07, 6.45) is 2.14. The number of para-hydroxylation sites is 1. The Labute approximate surface area is 232 Å².